The van der Waals surface area contributed by atoms with Crippen molar-refractivity contribution in [3.8, 4) is 0 Å². The number of rotatable bonds is 7. The molecular weight excluding hydrogens is 222 g/mol. The molecule has 0 spiro atoms. The molecule has 1 fully saturated rings. The van der Waals surface area contributed by atoms with Crippen molar-refractivity contribution < 1.29 is 4.74 Å². The first-order chi connectivity index (χ1) is 8.95. The van der Waals surface area contributed by atoms with Crippen molar-refractivity contribution >= 4 is 0 Å². The zero-order chi connectivity index (χ0) is 12.5. The maximum Gasteiger partial charge on any atom is 0.0469 e. The lowest BCUT2D eigenvalue weighted by Crippen LogP contribution is -2.30. The van der Waals surface area contributed by atoms with Crippen molar-refractivity contribution in [1.82, 2.24) is 5.32 Å². The first-order valence-electron chi connectivity index (χ1n) is 7.27. The first-order valence-corrected chi connectivity index (χ1v) is 7.27. The van der Waals surface area contributed by atoms with E-state index in [0.717, 1.165) is 32.0 Å². The van der Waals surface area contributed by atoms with E-state index in [1.807, 2.05) is 0 Å². The highest BCUT2D eigenvalue weighted by atomic mass is 16.5. The minimum Gasteiger partial charge on any atom is -0.381 e. The van der Waals surface area contributed by atoms with Crippen LogP contribution in [0, 0.1) is 5.92 Å². The fraction of sp³-hybridized carbons (Fsp3) is 0.625. The summed E-state index contributed by atoms with van der Waals surface area (Å²) in [6.45, 7) is 4.22. The predicted octanol–water partition coefficient (Wildman–Crippen LogP) is 3.03. The van der Waals surface area contributed by atoms with Gasteiger partial charge in [-0.2, -0.15) is 0 Å². The summed E-state index contributed by atoms with van der Waals surface area (Å²) in [6, 6.07) is 10.7. The second-order valence-electron chi connectivity index (χ2n) is 5.20. The van der Waals surface area contributed by atoms with Crippen LogP contribution in [0.2, 0.25) is 0 Å². The highest BCUT2D eigenvalue weighted by Gasteiger charge is 2.11. The number of benzene rings is 1. The number of aryl methyl sites for hydroxylation is 1. The van der Waals surface area contributed by atoms with Crippen molar-refractivity contribution in [3.63, 3.8) is 0 Å². The third kappa shape index (κ3) is 5.19. The standard InChI is InChI=1S/C16H25NO/c1-2-6-15(7-3-1)9-5-12-18-13-10-16-8-4-11-17-14-16/h1-3,6-7,16-17H,4-5,8-14H2. The topological polar surface area (TPSA) is 21.3 Å². The smallest absolute Gasteiger partial charge is 0.0469 e. The Balaban J connectivity index is 1.46. The molecule has 1 heterocycles. The summed E-state index contributed by atoms with van der Waals surface area (Å²) < 4.78 is 5.73. The largest absolute Gasteiger partial charge is 0.381 e. The summed E-state index contributed by atoms with van der Waals surface area (Å²) in [5, 5.41) is 3.45. The number of ether oxygens (including phenoxy) is 1. The molecule has 2 heteroatoms. The molecule has 0 aromatic heterocycles. The molecule has 18 heavy (non-hydrogen) atoms. The molecule has 2 nitrogen and oxygen atoms in total. The number of nitrogens with one attached hydrogen (secondary N) is 1. The number of hydrogen-bond acceptors (Lipinski definition) is 2. The lowest BCUT2D eigenvalue weighted by atomic mass is 9.97. The van der Waals surface area contributed by atoms with E-state index in [9.17, 15) is 0 Å². The molecule has 0 aliphatic carbocycles. The van der Waals surface area contributed by atoms with Gasteiger partial charge in [0, 0.05) is 13.2 Å². The molecule has 0 radical (unpaired) electrons. The molecule has 0 saturated carbocycles. The molecule has 1 aromatic carbocycles. The monoisotopic (exact) mass is 247 g/mol. The summed E-state index contributed by atoms with van der Waals surface area (Å²) in [5.74, 6) is 0.841. The van der Waals surface area contributed by atoms with Gasteiger partial charge in [0.15, 0.2) is 0 Å². The van der Waals surface area contributed by atoms with E-state index in [4.69, 9.17) is 4.74 Å². The number of piperidine rings is 1. The summed E-state index contributed by atoms with van der Waals surface area (Å²) in [6.07, 6.45) is 6.19. The van der Waals surface area contributed by atoms with Gasteiger partial charge in [-0.1, -0.05) is 30.3 Å². The quantitative estimate of drug-likeness (QED) is 0.748. The molecule has 1 aliphatic heterocycles. The lowest BCUT2D eigenvalue weighted by molar-refractivity contribution is 0.114. The third-order valence-electron chi connectivity index (χ3n) is 3.67. The molecule has 1 atom stereocenters. The van der Waals surface area contributed by atoms with Gasteiger partial charge < -0.3 is 10.1 Å². The Bertz CT molecular complexity index is 306. The maximum absolute atomic E-state index is 5.73. The van der Waals surface area contributed by atoms with E-state index in [0.29, 0.717) is 0 Å². The van der Waals surface area contributed by atoms with Crippen LogP contribution in [0.25, 0.3) is 0 Å². The van der Waals surface area contributed by atoms with Crippen LogP contribution in [0.5, 0.6) is 0 Å². The summed E-state index contributed by atoms with van der Waals surface area (Å²) in [7, 11) is 0. The van der Waals surface area contributed by atoms with Gasteiger partial charge in [-0.25, -0.2) is 0 Å². The third-order valence-corrected chi connectivity index (χ3v) is 3.67. The van der Waals surface area contributed by atoms with Gasteiger partial charge in [0.1, 0.15) is 0 Å². The van der Waals surface area contributed by atoms with Crippen molar-refractivity contribution in [1.29, 1.82) is 0 Å². The molecule has 1 unspecified atom stereocenters. The van der Waals surface area contributed by atoms with Crippen LogP contribution >= 0.6 is 0 Å². The lowest BCUT2D eigenvalue weighted by Gasteiger charge is -2.22. The highest BCUT2D eigenvalue weighted by molar-refractivity contribution is 5.14. The van der Waals surface area contributed by atoms with Crippen LogP contribution < -0.4 is 5.32 Å². The Labute approximate surface area is 111 Å². The van der Waals surface area contributed by atoms with E-state index in [2.05, 4.69) is 35.6 Å². The van der Waals surface area contributed by atoms with Gasteiger partial charge in [-0.15, -0.1) is 0 Å². The van der Waals surface area contributed by atoms with E-state index in [1.54, 1.807) is 0 Å². The molecule has 100 valence electrons. The molecule has 1 aliphatic rings. The molecule has 1 N–H and O–H groups in total. The fourth-order valence-corrected chi connectivity index (χ4v) is 2.55. The predicted molar refractivity (Wildman–Crippen MR) is 75.8 cm³/mol. The Morgan fingerprint density at radius 1 is 1.17 bits per heavy atom. The normalized spacial score (nSPS) is 19.9. The fourth-order valence-electron chi connectivity index (χ4n) is 2.55. The molecule has 2 rings (SSSR count). The Morgan fingerprint density at radius 2 is 2.06 bits per heavy atom. The van der Waals surface area contributed by atoms with Gasteiger partial charge in [-0.3, -0.25) is 0 Å². The van der Waals surface area contributed by atoms with E-state index in [1.165, 1.54) is 37.9 Å². The van der Waals surface area contributed by atoms with Gasteiger partial charge >= 0.3 is 0 Å². The minimum absolute atomic E-state index is 0.841. The van der Waals surface area contributed by atoms with E-state index in [-0.39, 0.29) is 0 Å². The van der Waals surface area contributed by atoms with Gasteiger partial charge in [0.2, 0.25) is 0 Å². The average molecular weight is 247 g/mol. The zero-order valence-electron chi connectivity index (χ0n) is 11.2. The van der Waals surface area contributed by atoms with Crippen molar-refractivity contribution in [2.45, 2.75) is 32.1 Å². The van der Waals surface area contributed by atoms with Crippen LogP contribution in [-0.2, 0) is 11.2 Å². The first kappa shape index (κ1) is 13.6. The van der Waals surface area contributed by atoms with Crippen molar-refractivity contribution in [3.05, 3.63) is 35.9 Å². The van der Waals surface area contributed by atoms with Crippen LogP contribution in [0.3, 0.4) is 0 Å². The van der Waals surface area contributed by atoms with Gasteiger partial charge in [0.05, 0.1) is 0 Å². The van der Waals surface area contributed by atoms with E-state index < -0.39 is 0 Å². The van der Waals surface area contributed by atoms with E-state index >= 15 is 0 Å². The van der Waals surface area contributed by atoms with Crippen LogP contribution in [0.15, 0.2) is 30.3 Å². The van der Waals surface area contributed by atoms with Crippen molar-refractivity contribution in [2.24, 2.45) is 5.92 Å². The molecular formula is C16H25NO. The summed E-state index contributed by atoms with van der Waals surface area (Å²) >= 11 is 0. The minimum atomic E-state index is 0.841. The van der Waals surface area contributed by atoms with Crippen molar-refractivity contribution in [2.75, 3.05) is 26.3 Å². The molecule has 1 saturated heterocycles. The van der Waals surface area contributed by atoms with Crippen LogP contribution in [-0.4, -0.2) is 26.3 Å². The summed E-state index contributed by atoms with van der Waals surface area (Å²) in [4.78, 5) is 0. The Morgan fingerprint density at radius 3 is 2.83 bits per heavy atom. The average Bonchev–Trinajstić information content (AvgIpc) is 2.45. The molecule has 0 bridgehead atoms. The molecule has 0 amide bonds. The Hall–Kier alpha value is -0.860. The second-order valence-corrected chi connectivity index (χ2v) is 5.20. The zero-order valence-corrected chi connectivity index (χ0v) is 11.2. The van der Waals surface area contributed by atoms with Gasteiger partial charge in [-0.05, 0) is 56.7 Å². The highest BCUT2D eigenvalue weighted by Crippen LogP contribution is 2.13. The maximum atomic E-state index is 5.73. The second kappa shape index (κ2) is 8.28. The Kier molecular flexibility index (Phi) is 6.24. The van der Waals surface area contributed by atoms with Crippen LogP contribution in [0.1, 0.15) is 31.2 Å². The molecule has 1 aromatic rings. The van der Waals surface area contributed by atoms with Crippen LogP contribution in [0.4, 0.5) is 0 Å². The number of hydrogen-bond donors (Lipinski definition) is 1. The summed E-state index contributed by atoms with van der Waals surface area (Å²) in [5.41, 5.74) is 1.41. The SMILES string of the molecule is c1ccc(CCCOCCC2CCCNC2)cc1. The van der Waals surface area contributed by atoms with Gasteiger partial charge in [0.25, 0.3) is 0 Å².